The lowest BCUT2D eigenvalue weighted by Crippen LogP contribution is -2.57. The van der Waals surface area contributed by atoms with Crippen molar-refractivity contribution in [3.63, 3.8) is 0 Å². The standard InChI is InChI=1S/C19H22NO3S2/c1-20(2)13-7-8-14(20)12-15(11-13)23-18(21)19(22,16-5-3-9-24-16)17-6-4-10-25-17/h3-10,13-15,22H,11-12H2,1-2H3/q+1/t13-,14+,15?/i1D3/t13-,14+,15?,20?. The van der Waals surface area contributed by atoms with Crippen LogP contribution in [0, 0.1) is 0 Å². The molecule has 6 heteroatoms. The van der Waals surface area contributed by atoms with E-state index in [4.69, 9.17) is 8.85 Å². The number of piperidine rings is 1. The van der Waals surface area contributed by atoms with E-state index in [1.807, 2.05) is 22.9 Å². The number of esters is 1. The molecule has 132 valence electrons. The second-order valence-corrected chi connectivity index (χ2v) is 8.73. The van der Waals surface area contributed by atoms with Gasteiger partial charge < -0.3 is 14.3 Å². The average Bonchev–Trinajstić information content (AvgIpc) is 3.36. The van der Waals surface area contributed by atoms with E-state index in [9.17, 15) is 9.90 Å². The molecule has 0 saturated carbocycles. The van der Waals surface area contributed by atoms with E-state index in [2.05, 4.69) is 0 Å². The third-order valence-electron chi connectivity index (χ3n) is 5.27. The maximum Gasteiger partial charge on any atom is 0.349 e. The second kappa shape index (κ2) is 6.06. The summed E-state index contributed by atoms with van der Waals surface area (Å²) in [6.07, 6.45) is 4.28. The fraction of sp³-hybridized carbons (Fsp3) is 0.421. The summed E-state index contributed by atoms with van der Waals surface area (Å²) >= 11 is 2.60. The van der Waals surface area contributed by atoms with Crippen LogP contribution in [0.3, 0.4) is 0 Å². The number of aliphatic hydroxyl groups is 1. The molecule has 4 atom stereocenters. The van der Waals surface area contributed by atoms with E-state index in [-0.39, 0.29) is 16.6 Å². The Morgan fingerprint density at radius 1 is 1.24 bits per heavy atom. The van der Waals surface area contributed by atoms with E-state index >= 15 is 0 Å². The number of carbonyl (C=O) groups is 1. The van der Waals surface area contributed by atoms with Crippen LogP contribution < -0.4 is 0 Å². The number of hydrogen-bond donors (Lipinski definition) is 1. The summed E-state index contributed by atoms with van der Waals surface area (Å²) in [4.78, 5) is 14.2. The largest absolute Gasteiger partial charge is 0.459 e. The van der Waals surface area contributed by atoms with Crippen LogP contribution in [-0.2, 0) is 15.1 Å². The normalized spacial score (nSPS) is 33.5. The Labute approximate surface area is 159 Å². The highest BCUT2D eigenvalue weighted by Crippen LogP contribution is 2.40. The Kier molecular flexibility index (Phi) is 3.32. The smallest absolute Gasteiger partial charge is 0.349 e. The van der Waals surface area contributed by atoms with Crippen molar-refractivity contribution in [1.82, 2.24) is 0 Å². The van der Waals surface area contributed by atoms with Gasteiger partial charge in [-0.1, -0.05) is 12.1 Å². The zero-order valence-corrected chi connectivity index (χ0v) is 15.4. The van der Waals surface area contributed by atoms with Gasteiger partial charge in [0.15, 0.2) is 0 Å². The molecule has 2 unspecified atom stereocenters. The van der Waals surface area contributed by atoms with Gasteiger partial charge in [0.05, 0.1) is 27.9 Å². The van der Waals surface area contributed by atoms with Crippen molar-refractivity contribution in [1.29, 1.82) is 0 Å². The second-order valence-electron chi connectivity index (χ2n) is 6.83. The van der Waals surface area contributed by atoms with Gasteiger partial charge in [0.2, 0.25) is 5.60 Å². The third-order valence-corrected chi connectivity index (χ3v) is 7.22. The minimum Gasteiger partial charge on any atom is -0.459 e. The first-order chi connectivity index (χ1) is 13.2. The van der Waals surface area contributed by atoms with Crippen molar-refractivity contribution >= 4 is 28.6 Å². The van der Waals surface area contributed by atoms with Gasteiger partial charge in [0.25, 0.3) is 0 Å². The van der Waals surface area contributed by atoms with Gasteiger partial charge in [-0.05, 0) is 35.0 Å². The van der Waals surface area contributed by atoms with Crippen LogP contribution in [0.25, 0.3) is 0 Å². The van der Waals surface area contributed by atoms with Crippen molar-refractivity contribution < 1.29 is 23.2 Å². The Balaban J connectivity index is 1.56. The molecule has 1 fully saturated rings. The molecule has 2 aliphatic heterocycles. The molecule has 25 heavy (non-hydrogen) atoms. The fourth-order valence-corrected chi connectivity index (χ4v) is 5.43. The molecule has 2 aliphatic rings. The van der Waals surface area contributed by atoms with Gasteiger partial charge in [-0.25, -0.2) is 4.79 Å². The topological polar surface area (TPSA) is 46.5 Å². The van der Waals surface area contributed by atoms with Gasteiger partial charge in [-0.3, -0.25) is 0 Å². The van der Waals surface area contributed by atoms with Crippen LogP contribution in [0.15, 0.2) is 47.2 Å². The van der Waals surface area contributed by atoms with E-state index in [1.54, 1.807) is 31.3 Å². The van der Waals surface area contributed by atoms with Crippen LogP contribution in [0.5, 0.6) is 0 Å². The number of quaternary nitrogens is 1. The molecule has 2 bridgehead atoms. The average molecular weight is 380 g/mol. The highest BCUT2D eigenvalue weighted by Gasteiger charge is 2.49. The summed E-state index contributed by atoms with van der Waals surface area (Å²) in [5.74, 6) is -0.702. The fourth-order valence-electron chi connectivity index (χ4n) is 3.71. The van der Waals surface area contributed by atoms with Gasteiger partial charge >= 0.3 is 5.97 Å². The number of fused-ring (bicyclic) bond motifs is 2. The number of likely N-dealkylation sites (N-methyl/N-ethyl adjacent to an activating group) is 1. The van der Waals surface area contributed by atoms with Crippen LogP contribution >= 0.6 is 22.7 Å². The first-order valence-electron chi connectivity index (χ1n) is 9.73. The lowest BCUT2D eigenvalue weighted by Gasteiger charge is -2.44. The molecule has 2 aromatic heterocycles. The van der Waals surface area contributed by atoms with Crippen molar-refractivity contribution in [2.45, 2.75) is 36.6 Å². The first-order valence-corrected chi connectivity index (χ1v) is 9.99. The predicted molar refractivity (Wildman–Crippen MR) is 99.6 cm³/mol. The number of thiophene rings is 2. The molecule has 0 aliphatic carbocycles. The zero-order valence-electron chi connectivity index (χ0n) is 16.8. The molecular formula is C19H22NO3S2+. The molecule has 2 aromatic rings. The molecule has 4 heterocycles. The highest BCUT2D eigenvalue weighted by atomic mass is 32.1. The molecule has 4 nitrogen and oxygen atoms in total. The molecule has 0 radical (unpaired) electrons. The Morgan fingerprint density at radius 3 is 2.24 bits per heavy atom. The van der Waals surface area contributed by atoms with Crippen molar-refractivity contribution in [3.8, 4) is 0 Å². The van der Waals surface area contributed by atoms with Gasteiger partial charge in [-0.2, -0.15) is 0 Å². The van der Waals surface area contributed by atoms with Gasteiger partial charge in [0.1, 0.15) is 18.2 Å². The summed E-state index contributed by atoms with van der Waals surface area (Å²) in [6, 6.07) is 6.55. The molecule has 1 saturated heterocycles. The molecule has 1 N–H and O–H groups in total. The van der Waals surface area contributed by atoms with E-state index in [0.717, 1.165) is 0 Å². The van der Waals surface area contributed by atoms with Crippen molar-refractivity contribution in [2.24, 2.45) is 0 Å². The molecule has 0 aromatic carbocycles. The maximum absolute atomic E-state index is 13.1. The van der Waals surface area contributed by atoms with Crippen LogP contribution in [0.4, 0.5) is 0 Å². The first kappa shape index (κ1) is 13.7. The molecule has 0 spiro atoms. The number of carbonyl (C=O) groups excluding carboxylic acids is 1. The third kappa shape index (κ3) is 2.68. The number of rotatable bonds is 4. The van der Waals surface area contributed by atoms with Crippen LogP contribution in [0.1, 0.15) is 26.7 Å². The van der Waals surface area contributed by atoms with Crippen molar-refractivity contribution in [3.05, 3.63) is 56.9 Å². The predicted octanol–water partition coefficient (Wildman–Crippen LogP) is 3.13. The quantitative estimate of drug-likeness (QED) is 0.504. The van der Waals surface area contributed by atoms with E-state index in [0.29, 0.717) is 22.6 Å². The SMILES string of the molecule is [2H]C([2H])([2H])[N+]1(C)[C@@H]2C=C[C@H]1CC(OC(=O)C(O)(c1cccs1)c1cccs1)C2. The van der Waals surface area contributed by atoms with Gasteiger partial charge in [0, 0.05) is 12.8 Å². The lowest BCUT2D eigenvalue weighted by atomic mass is 9.95. The summed E-state index contributed by atoms with van der Waals surface area (Å²) < 4.78 is 29.5. The Morgan fingerprint density at radius 2 is 1.80 bits per heavy atom. The summed E-state index contributed by atoms with van der Waals surface area (Å²) in [5.41, 5.74) is -1.84. The Bertz CT molecular complexity index is 827. The van der Waals surface area contributed by atoms with Crippen LogP contribution in [0.2, 0.25) is 0 Å². The molecule has 0 amide bonds. The summed E-state index contributed by atoms with van der Waals surface area (Å²) in [7, 11) is 1.74. The zero-order chi connectivity index (χ0) is 20.2. The number of ether oxygens (including phenoxy) is 1. The maximum atomic E-state index is 13.1. The van der Waals surface area contributed by atoms with Crippen molar-refractivity contribution in [2.75, 3.05) is 14.0 Å². The summed E-state index contributed by atoms with van der Waals surface area (Å²) in [5, 5.41) is 15.0. The molecule has 4 rings (SSSR count). The van der Waals surface area contributed by atoms with E-state index in [1.165, 1.54) is 22.7 Å². The van der Waals surface area contributed by atoms with Crippen LogP contribution in [-0.4, -0.2) is 47.8 Å². The monoisotopic (exact) mass is 379 g/mol. The number of hydrogen-bond acceptors (Lipinski definition) is 5. The lowest BCUT2D eigenvalue weighted by molar-refractivity contribution is -0.926. The highest BCUT2D eigenvalue weighted by molar-refractivity contribution is 7.12. The molecular weight excluding hydrogens is 354 g/mol. The number of nitrogens with zero attached hydrogens (tertiary/aromatic N) is 1. The minimum atomic E-state index is -2.14. The summed E-state index contributed by atoms with van der Waals surface area (Å²) in [6.45, 7) is -2.14. The van der Waals surface area contributed by atoms with E-state index < -0.39 is 24.7 Å². The Hall–Kier alpha value is -1.47. The van der Waals surface area contributed by atoms with Gasteiger partial charge in [-0.15, -0.1) is 22.7 Å². The minimum absolute atomic E-state index is 0.0544.